The molecule has 24 heavy (non-hydrogen) atoms. The van der Waals surface area contributed by atoms with Crippen LogP contribution < -0.4 is 0 Å². The van der Waals surface area contributed by atoms with Gasteiger partial charge in [-0.05, 0) is 50.9 Å². The van der Waals surface area contributed by atoms with E-state index in [2.05, 4.69) is 34.3 Å². The second-order valence-corrected chi connectivity index (χ2v) is 9.68. The van der Waals surface area contributed by atoms with E-state index in [1.165, 1.54) is 0 Å². The van der Waals surface area contributed by atoms with Crippen molar-refractivity contribution in [3.8, 4) is 0 Å². The quantitative estimate of drug-likeness (QED) is 0.720. The van der Waals surface area contributed by atoms with Crippen molar-refractivity contribution >= 4 is 0 Å². The highest BCUT2D eigenvalue weighted by Crippen LogP contribution is 2.65. The summed E-state index contributed by atoms with van der Waals surface area (Å²) in [6.07, 6.45) is 5.42. The fourth-order valence-corrected chi connectivity index (χ4v) is 6.61. The molecule has 0 aromatic carbocycles. The maximum atomic E-state index is 11.1. The van der Waals surface area contributed by atoms with Crippen molar-refractivity contribution in [1.82, 2.24) is 0 Å². The van der Waals surface area contributed by atoms with Gasteiger partial charge in [-0.2, -0.15) is 0 Å². The van der Waals surface area contributed by atoms with Gasteiger partial charge in [-0.15, -0.1) is 6.58 Å². The summed E-state index contributed by atoms with van der Waals surface area (Å²) in [4.78, 5) is 0. The molecule has 3 rings (SSSR count). The van der Waals surface area contributed by atoms with Gasteiger partial charge in [0.1, 0.15) is 0 Å². The maximum absolute atomic E-state index is 11.1. The minimum absolute atomic E-state index is 0. The molecule has 0 unspecified atom stereocenters. The molecule has 4 heteroatoms. The molecule has 0 radical (unpaired) electrons. The van der Waals surface area contributed by atoms with Crippen LogP contribution >= 0.6 is 0 Å². The Morgan fingerprint density at radius 1 is 1.04 bits per heavy atom. The molecule has 4 N–H and O–H groups in total. The fraction of sp³-hybridized carbons (Fsp3) is 0.900. The Kier molecular flexibility index (Phi) is 4.81. The van der Waals surface area contributed by atoms with Gasteiger partial charge in [0.25, 0.3) is 0 Å². The van der Waals surface area contributed by atoms with Gasteiger partial charge >= 0.3 is 0 Å². The van der Waals surface area contributed by atoms with Gasteiger partial charge in [-0.3, -0.25) is 0 Å². The first kappa shape index (κ1) is 19.9. The van der Waals surface area contributed by atoms with E-state index in [4.69, 9.17) is 4.74 Å². The summed E-state index contributed by atoms with van der Waals surface area (Å²) in [6, 6.07) is 0. The summed E-state index contributed by atoms with van der Waals surface area (Å²) in [7, 11) is 0. The van der Waals surface area contributed by atoms with Crippen molar-refractivity contribution in [3.63, 3.8) is 0 Å². The monoisotopic (exact) mass is 340 g/mol. The van der Waals surface area contributed by atoms with Crippen molar-refractivity contribution in [2.24, 2.45) is 22.7 Å². The number of rotatable bonds is 1. The molecule has 2 saturated carbocycles. The molecule has 0 aromatic rings. The third-order valence-corrected chi connectivity index (χ3v) is 7.63. The van der Waals surface area contributed by atoms with Crippen LogP contribution in [0.1, 0.15) is 66.7 Å². The Bertz CT molecular complexity index is 504. The van der Waals surface area contributed by atoms with E-state index in [1.54, 1.807) is 0 Å². The van der Waals surface area contributed by atoms with E-state index in [0.717, 1.165) is 25.7 Å². The highest BCUT2D eigenvalue weighted by molar-refractivity contribution is 5.17. The predicted octanol–water partition coefficient (Wildman–Crippen LogP) is 2.86. The molecule has 4 nitrogen and oxygen atoms in total. The number of hydrogen-bond donors (Lipinski definition) is 2. The highest BCUT2D eigenvalue weighted by atomic mass is 16.5. The van der Waals surface area contributed by atoms with Crippen LogP contribution in [-0.4, -0.2) is 39.1 Å². The summed E-state index contributed by atoms with van der Waals surface area (Å²) in [5.74, 6) is 0.388. The summed E-state index contributed by atoms with van der Waals surface area (Å²) < 4.78 is 6.53. The molecule has 0 bridgehead atoms. The first-order chi connectivity index (χ1) is 10.5. The maximum Gasteiger partial charge on any atom is 0.0864 e. The van der Waals surface area contributed by atoms with E-state index >= 15 is 0 Å². The number of ether oxygens (including phenoxy) is 1. The Balaban J connectivity index is 0.00000208. The van der Waals surface area contributed by atoms with Gasteiger partial charge in [-0.25, -0.2) is 0 Å². The third kappa shape index (κ3) is 2.57. The lowest BCUT2D eigenvalue weighted by Crippen LogP contribution is -2.69. The summed E-state index contributed by atoms with van der Waals surface area (Å²) in [6.45, 7) is 14.9. The lowest BCUT2D eigenvalue weighted by atomic mass is 9.43. The zero-order chi connectivity index (χ0) is 17.3. The molecular weight excluding hydrogens is 304 g/mol. The van der Waals surface area contributed by atoms with Crippen LogP contribution in [0.5, 0.6) is 0 Å². The van der Waals surface area contributed by atoms with Crippen LogP contribution in [0.4, 0.5) is 0 Å². The second kappa shape index (κ2) is 5.80. The average molecular weight is 341 g/mol. The molecule has 2 aliphatic carbocycles. The molecule has 3 aliphatic rings. The van der Waals surface area contributed by atoms with Crippen LogP contribution in [0.2, 0.25) is 0 Å². The molecule has 1 saturated heterocycles. The standard InChI is InChI=1S/C20H34O3.H2O/c1-7-18(4)12-13(21)16-19(5,23-18)11-8-14-17(2,3)10-9-15(22)20(14,16)6;/h7,13-16,21-22H,1,8-12H2,2-6H3;1H2/t13-,14-,15+,16-,18-,19+,20+;/m0./s1. The molecule has 1 heterocycles. The highest BCUT2D eigenvalue weighted by Gasteiger charge is 2.66. The Hall–Kier alpha value is -0.420. The van der Waals surface area contributed by atoms with Crippen LogP contribution in [0.25, 0.3) is 0 Å². The number of aliphatic hydroxyl groups is 2. The normalized spacial score (nSPS) is 53.3. The lowest BCUT2D eigenvalue weighted by Gasteiger charge is -2.67. The largest absolute Gasteiger partial charge is 0.412 e. The minimum atomic E-state index is -0.483. The number of aliphatic hydroxyl groups excluding tert-OH is 2. The Morgan fingerprint density at radius 3 is 2.25 bits per heavy atom. The minimum Gasteiger partial charge on any atom is -0.412 e. The molecule has 140 valence electrons. The molecule has 3 fully saturated rings. The van der Waals surface area contributed by atoms with Crippen LogP contribution in [0.3, 0.4) is 0 Å². The van der Waals surface area contributed by atoms with E-state index in [-0.39, 0.29) is 28.3 Å². The summed E-state index contributed by atoms with van der Waals surface area (Å²) >= 11 is 0. The lowest BCUT2D eigenvalue weighted by molar-refractivity contribution is -0.301. The van der Waals surface area contributed by atoms with Crippen LogP contribution in [-0.2, 0) is 4.74 Å². The molecular formula is C20H36O4. The topological polar surface area (TPSA) is 81.2 Å². The van der Waals surface area contributed by atoms with Gasteiger partial charge in [0.05, 0.1) is 23.4 Å². The van der Waals surface area contributed by atoms with Crippen molar-refractivity contribution in [2.45, 2.75) is 90.1 Å². The first-order valence-electron chi connectivity index (χ1n) is 9.18. The van der Waals surface area contributed by atoms with Crippen molar-refractivity contribution in [3.05, 3.63) is 12.7 Å². The van der Waals surface area contributed by atoms with Gasteiger partial charge in [0.15, 0.2) is 0 Å². The Labute approximate surface area is 146 Å². The van der Waals surface area contributed by atoms with Gasteiger partial charge < -0.3 is 20.4 Å². The summed E-state index contributed by atoms with van der Waals surface area (Å²) in [5.41, 5.74) is -0.978. The zero-order valence-corrected chi connectivity index (χ0v) is 15.9. The molecule has 0 spiro atoms. The number of hydrogen-bond acceptors (Lipinski definition) is 3. The predicted molar refractivity (Wildman–Crippen MR) is 95.7 cm³/mol. The fourth-order valence-electron chi connectivity index (χ4n) is 6.61. The van der Waals surface area contributed by atoms with Gasteiger partial charge in [-0.1, -0.05) is 26.8 Å². The SMILES string of the molecule is C=C[C@@]1(C)C[C@H](O)[C@@H]2[C@@]3(C)[C@H](O)CCC(C)(C)[C@@H]3CC[C@@]2(C)O1.O. The average Bonchev–Trinajstić information content (AvgIpc) is 2.41. The van der Waals surface area contributed by atoms with Crippen molar-refractivity contribution < 1.29 is 20.4 Å². The summed E-state index contributed by atoms with van der Waals surface area (Å²) in [5, 5.41) is 22.1. The third-order valence-electron chi connectivity index (χ3n) is 7.63. The van der Waals surface area contributed by atoms with Gasteiger partial charge in [0, 0.05) is 17.8 Å². The second-order valence-electron chi connectivity index (χ2n) is 9.68. The number of fused-ring (bicyclic) bond motifs is 3. The first-order valence-corrected chi connectivity index (χ1v) is 9.18. The van der Waals surface area contributed by atoms with E-state index < -0.39 is 17.3 Å². The van der Waals surface area contributed by atoms with E-state index in [9.17, 15) is 10.2 Å². The van der Waals surface area contributed by atoms with Crippen LogP contribution in [0.15, 0.2) is 12.7 Å². The zero-order valence-electron chi connectivity index (χ0n) is 15.9. The molecule has 0 aromatic heterocycles. The van der Waals surface area contributed by atoms with Gasteiger partial charge in [0.2, 0.25) is 0 Å². The van der Waals surface area contributed by atoms with E-state index in [0.29, 0.717) is 12.3 Å². The van der Waals surface area contributed by atoms with E-state index in [1.807, 2.05) is 13.0 Å². The van der Waals surface area contributed by atoms with Crippen molar-refractivity contribution in [1.29, 1.82) is 0 Å². The van der Waals surface area contributed by atoms with Crippen molar-refractivity contribution in [2.75, 3.05) is 0 Å². The molecule has 1 aliphatic heterocycles. The molecule has 7 atom stereocenters. The smallest absolute Gasteiger partial charge is 0.0864 e. The Morgan fingerprint density at radius 2 is 1.67 bits per heavy atom. The van der Waals surface area contributed by atoms with Crippen LogP contribution in [0, 0.1) is 22.7 Å². The molecule has 0 amide bonds.